The molecule has 0 atom stereocenters. The van der Waals surface area contributed by atoms with Crippen molar-refractivity contribution in [1.29, 1.82) is 0 Å². The minimum absolute atomic E-state index is 0.177. The average molecular weight is 366 g/mol. The van der Waals surface area contributed by atoms with Crippen LogP contribution in [0.25, 0.3) is 0 Å². The van der Waals surface area contributed by atoms with Gasteiger partial charge in [-0.3, -0.25) is 14.9 Å². The molecule has 0 aliphatic rings. The van der Waals surface area contributed by atoms with E-state index in [-0.39, 0.29) is 11.8 Å². The molecule has 0 radical (unpaired) electrons. The van der Waals surface area contributed by atoms with E-state index in [2.05, 4.69) is 18.8 Å². The van der Waals surface area contributed by atoms with Gasteiger partial charge in [0, 0.05) is 12.0 Å². The van der Waals surface area contributed by atoms with Crippen molar-refractivity contribution >= 4 is 11.8 Å². The van der Waals surface area contributed by atoms with Gasteiger partial charge in [-0.1, -0.05) is 110 Å². The number of nitrogens with one attached hydrogen (secondary N) is 1. The SMILES string of the molecule is C=C(C)C(=O)NC(=O)CCCCCCCCCCCCCCCCCC. The van der Waals surface area contributed by atoms with E-state index in [1.54, 1.807) is 6.92 Å². The van der Waals surface area contributed by atoms with Crippen LogP contribution in [0.15, 0.2) is 12.2 Å². The van der Waals surface area contributed by atoms with Crippen LogP contribution in [0.4, 0.5) is 0 Å². The molecular weight excluding hydrogens is 322 g/mol. The van der Waals surface area contributed by atoms with Crippen molar-refractivity contribution in [3.8, 4) is 0 Å². The second kappa shape index (κ2) is 18.7. The second-order valence-corrected chi connectivity index (χ2v) is 7.71. The maximum absolute atomic E-state index is 11.5. The zero-order valence-electron chi connectivity index (χ0n) is 17.5. The van der Waals surface area contributed by atoms with E-state index >= 15 is 0 Å². The molecule has 152 valence electrons. The summed E-state index contributed by atoms with van der Waals surface area (Å²) in [7, 11) is 0. The van der Waals surface area contributed by atoms with Crippen molar-refractivity contribution in [1.82, 2.24) is 5.32 Å². The molecule has 0 aromatic carbocycles. The fraction of sp³-hybridized carbons (Fsp3) is 0.826. The van der Waals surface area contributed by atoms with Crippen molar-refractivity contribution in [3.05, 3.63) is 12.2 Å². The van der Waals surface area contributed by atoms with Crippen LogP contribution < -0.4 is 5.32 Å². The topological polar surface area (TPSA) is 46.2 Å². The van der Waals surface area contributed by atoms with Gasteiger partial charge in [0.05, 0.1) is 0 Å². The lowest BCUT2D eigenvalue weighted by atomic mass is 10.0. The molecule has 0 heterocycles. The molecule has 0 bridgehead atoms. The zero-order chi connectivity index (χ0) is 19.5. The van der Waals surface area contributed by atoms with Gasteiger partial charge < -0.3 is 0 Å². The van der Waals surface area contributed by atoms with Gasteiger partial charge in [-0.25, -0.2) is 0 Å². The van der Waals surface area contributed by atoms with Crippen LogP contribution in [0.3, 0.4) is 0 Å². The Kier molecular flexibility index (Phi) is 17.9. The van der Waals surface area contributed by atoms with Gasteiger partial charge >= 0.3 is 0 Å². The Balaban J connectivity index is 3.19. The minimum atomic E-state index is -0.355. The van der Waals surface area contributed by atoms with Crippen LogP contribution in [-0.4, -0.2) is 11.8 Å². The highest BCUT2D eigenvalue weighted by atomic mass is 16.2. The van der Waals surface area contributed by atoms with Gasteiger partial charge in [0.25, 0.3) is 5.91 Å². The van der Waals surface area contributed by atoms with E-state index in [0.717, 1.165) is 12.8 Å². The number of rotatable bonds is 18. The molecule has 0 spiro atoms. The van der Waals surface area contributed by atoms with Crippen molar-refractivity contribution < 1.29 is 9.59 Å². The van der Waals surface area contributed by atoms with E-state index in [1.165, 1.54) is 89.9 Å². The summed E-state index contributed by atoms with van der Waals surface area (Å²) in [6.45, 7) is 7.40. The molecule has 26 heavy (non-hydrogen) atoms. The molecule has 0 fully saturated rings. The summed E-state index contributed by atoms with van der Waals surface area (Å²) >= 11 is 0. The zero-order valence-corrected chi connectivity index (χ0v) is 17.5. The molecule has 0 rings (SSSR count). The van der Waals surface area contributed by atoms with Gasteiger partial charge in [-0.05, 0) is 13.3 Å². The number of imide groups is 1. The molecule has 0 aromatic rings. The standard InChI is InChI=1S/C23H43NO2/c1-4-5-6-7-8-9-10-11-12-13-14-15-16-17-18-19-20-22(25)24-23(26)21(2)3/h2,4-20H2,1,3H3,(H,24,25,26). The Morgan fingerprint density at radius 3 is 1.35 bits per heavy atom. The molecule has 0 saturated carbocycles. The van der Waals surface area contributed by atoms with Gasteiger partial charge in [0.15, 0.2) is 0 Å². The number of amides is 2. The molecular formula is C23H43NO2. The quantitative estimate of drug-likeness (QED) is 0.213. The van der Waals surface area contributed by atoms with Crippen molar-refractivity contribution in [2.75, 3.05) is 0 Å². The minimum Gasteiger partial charge on any atom is -0.293 e. The molecule has 0 aromatic heterocycles. The first kappa shape index (κ1) is 24.9. The highest BCUT2D eigenvalue weighted by molar-refractivity contribution is 6.03. The summed E-state index contributed by atoms with van der Waals surface area (Å²) < 4.78 is 0. The van der Waals surface area contributed by atoms with E-state index in [1.807, 2.05) is 0 Å². The molecule has 0 aliphatic heterocycles. The summed E-state index contributed by atoms with van der Waals surface area (Å²) in [5, 5.41) is 2.35. The molecule has 1 N–H and O–H groups in total. The lowest BCUT2D eigenvalue weighted by Crippen LogP contribution is -2.30. The first-order valence-electron chi connectivity index (χ1n) is 11.1. The fourth-order valence-electron chi connectivity index (χ4n) is 3.13. The molecule has 0 aliphatic carbocycles. The largest absolute Gasteiger partial charge is 0.293 e. The Morgan fingerprint density at radius 1 is 0.654 bits per heavy atom. The van der Waals surface area contributed by atoms with E-state index in [0.29, 0.717) is 12.0 Å². The maximum atomic E-state index is 11.5. The van der Waals surface area contributed by atoms with Crippen LogP contribution in [0.1, 0.15) is 123 Å². The normalized spacial score (nSPS) is 10.7. The Labute approximate surface area is 162 Å². The third-order valence-electron chi connectivity index (χ3n) is 4.90. The predicted molar refractivity (Wildman–Crippen MR) is 112 cm³/mol. The molecule has 3 nitrogen and oxygen atoms in total. The summed E-state index contributed by atoms with van der Waals surface area (Å²) in [5.41, 5.74) is 0.380. The number of unbranched alkanes of at least 4 members (excludes halogenated alkanes) is 15. The fourth-order valence-corrected chi connectivity index (χ4v) is 3.13. The third kappa shape index (κ3) is 17.7. The van der Waals surface area contributed by atoms with Crippen LogP contribution in [-0.2, 0) is 9.59 Å². The highest BCUT2D eigenvalue weighted by Gasteiger charge is 2.07. The first-order chi connectivity index (χ1) is 12.6. The van der Waals surface area contributed by atoms with Crippen molar-refractivity contribution in [2.24, 2.45) is 0 Å². The maximum Gasteiger partial charge on any atom is 0.252 e. The summed E-state index contributed by atoms with van der Waals surface area (Å²) in [4.78, 5) is 22.8. The summed E-state index contributed by atoms with van der Waals surface area (Å²) in [6.07, 6.45) is 21.6. The monoisotopic (exact) mass is 365 g/mol. The summed E-state index contributed by atoms with van der Waals surface area (Å²) in [5.74, 6) is -0.533. The molecule has 3 heteroatoms. The van der Waals surface area contributed by atoms with Crippen molar-refractivity contribution in [2.45, 2.75) is 123 Å². The second-order valence-electron chi connectivity index (χ2n) is 7.71. The van der Waals surface area contributed by atoms with Crippen LogP contribution in [0.5, 0.6) is 0 Å². The number of hydrogen-bond donors (Lipinski definition) is 1. The van der Waals surface area contributed by atoms with Crippen LogP contribution >= 0.6 is 0 Å². The van der Waals surface area contributed by atoms with Gasteiger partial charge in [-0.15, -0.1) is 0 Å². The van der Waals surface area contributed by atoms with Crippen LogP contribution in [0, 0.1) is 0 Å². The average Bonchev–Trinajstić information content (AvgIpc) is 2.61. The Hall–Kier alpha value is -1.12. The van der Waals surface area contributed by atoms with E-state index < -0.39 is 0 Å². The molecule has 0 unspecified atom stereocenters. The highest BCUT2D eigenvalue weighted by Crippen LogP contribution is 2.14. The molecule has 2 amide bonds. The lowest BCUT2D eigenvalue weighted by molar-refractivity contribution is -0.128. The Bertz CT molecular complexity index is 376. The summed E-state index contributed by atoms with van der Waals surface area (Å²) in [6, 6.07) is 0. The van der Waals surface area contributed by atoms with Gasteiger partial charge in [-0.2, -0.15) is 0 Å². The first-order valence-corrected chi connectivity index (χ1v) is 11.1. The smallest absolute Gasteiger partial charge is 0.252 e. The van der Waals surface area contributed by atoms with Gasteiger partial charge in [0.1, 0.15) is 0 Å². The van der Waals surface area contributed by atoms with Crippen molar-refractivity contribution in [3.63, 3.8) is 0 Å². The van der Waals surface area contributed by atoms with Gasteiger partial charge in [0.2, 0.25) is 5.91 Å². The predicted octanol–water partition coefficient (Wildman–Crippen LogP) is 6.86. The van der Waals surface area contributed by atoms with Crippen LogP contribution in [0.2, 0.25) is 0 Å². The molecule has 0 saturated heterocycles. The van der Waals surface area contributed by atoms with E-state index in [4.69, 9.17) is 0 Å². The number of carbonyl (C=O) groups is 2. The Morgan fingerprint density at radius 2 is 1.00 bits per heavy atom. The number of hydrogen-bond acceptors (Lipinski definition) is 2. The third-order valence-corrected chi connectivity index (χ3v) is 4.90. The lowest BCUT2D eigenvalue weighted by Gasteiger charge is -2.04. The number of carbonyl (C=O) groups excluding carboxylic acids is 2. The van der Waals surface area contributed by atoms with E-state index in [9.17, 15) is 9.59 Å².